The first kappa shape index (κ1) is 24.3. The third-order valence-corrected chi connectivity index (χ3v) is 6.14. The molecule has 0 atom stereocenters. The summed E-state index contributed by atoms with van der Waals surface area (Å²) < 4.78 is 11.9. The predicted octanol–water partition coefficient (Wildman–Crippen LogP) is 4.44. The Morgan fingerprint density at radius 1 is 1.17 bits per heavy atom. The highest BCUT2D eigenvalue weighted by Crippen LogP contribution is 2.37. The highest BCUT2D eigenvalue weighted by atomic mass is 35.5. The van der Waals surface area contributed by atoms with Crippen LogP contribution in [-0.4, -0.2) is 35.2 Å². The number of rotatable bonds is 8. The molecule has 0 bridgehead atoms. The van der Waals surface area contributed by atoms with E-state index in [1.54, 1.807) is 48.5 Å². The van der Waals surface area contributed by atoms with Gasteiger partial charge in [-0.1, -0.05) is 17.7 Å². The van der Waals surface area contributed by atoms with Crippen LogP contribution >= 0.6 is 22.9 Å². The molecule has 2 aromatic carbocycles. The van der Waals surface area contributed by atoms with Gasteiger partial charge in [-0.3, -0.25) is 4.79 Å². The molecule has 2 heterocycles. The molecule has 0 fully saturated rings. The average Bonchev–Trinajstić information content (AvgIpc) is 3.29. The topological polar surface area (TPSA) is 136 Å². The van der Waals surface area contributed by atoms with Crippen molar-refractivity contribution >= 4 is 56.5 Å². The van der Waals surface area contributed by atoms with E-state index in [1.807, 2.05) is 5.38 Å². The summed E-state index contributed by atoms with van der Waals surface area (Å²) in [5.74, 6) is 0.817. The third-order valence-electron chi connectivity index (χ3n) is 4.84. The van der Waals surface area contributed by atoms with E-state index in [-0.39, 0.29) is 37.2 Å². The lowest BCUT2D eigenvalue weighted by Crippen LogP contribution is -2.29. The first-order valence-corrected chi connectivity index (χ1v) is 11.7. The molecule has 11 heteroatoms. The molecule has 0 unspecified atom stereocenters. The number of nitrogens with one attached hydrogen (secondary N) is 2. The van der Waals surface area contributed by atoms with Crippen molar-refractivity contribution in [3.05, 3.63) is 76.3 Å². The number of pyridine rings is 1. The number of hydrogen-bond acceptors (Lipinski definition) is 8. The average molecular weight is 513 g/mol. The van der Waals surface area contributed by atoms with Gasteiger partial charge in [-0.25, -0.2) is 9.78 Å². The van der Waals surface area contributed by atoms with Gasteiger partial charge in [0.2, 0.25) is 0 Å². The Morgan fingerprint density at radius 3 is 2.74 bits per heavy atom. The summed E-state index contributed by atoms with van der Waals surface area (Å²) in [6.45, 7) is 0.0603. The fourth-order valence-electron chi connectivity index (χ4n) is 3.21. The Bertz CT molecular complexity index is 1360. The number of benzene rings is 2. The minimum atomic E-state index is -0.699. The van der Waals surface area contributed by atoms with Gasteiger partial charge in [0.05, 0.1) is 17.5 Å². The predicted molar refractivity (Wildman–Crippen MR) is 135 cm³/mol. The van der Waals surface area contributed by atoms with E-state index < -0.39 is 6.09 Å². The molecule has 0 saturated heterocycles. The van der Waals surface area contributed by atoms with Gasteiger partial charge < -0.3 is 30.9 Å². The number of nitrogen functional groups attached to an aromatic ring is 1. The summed E-state index contributed by atoms with van der Waals surface area (Å²) >= 11 is 7.22. The zero-order chi connectivity index (χ0) is 24.8. The molecule has 5 N–H and O–H groups in total. The maximum absolute atomic E-state index is 12.5. The number of anilines is 2. The number of nitrogens with two attached hydrogens (primary N) is 1. The van der Waals surface area contributed by atoms with Gasteiger partial charge in [0.1, 0.15) is 18.2 Å². The summed E-state index contributed by atoms with van der Waals surface area (Å²) in [4.78, 5) is 28.5. The third kappa shape index (κ3) is 5.99. The van der Waals surface area contributed by atoms with Crippen LogP contribution in [0.5, 0.6) is 11.5 Å². The Hall–Kier alpha value is -3.86. The lowest BCUT2D eigenvalue weighted by molar-refractivity contribution is 0.102. The number of aliphatic hydroxyl groups is 1. The smallest absolute Gasteiger partial charge is 0.412 e. The number of aromatic nitrogens is 1. The van der Waals surface area contributed by atoms with Crippen molar-refractivity contribution in [1.29, 1.82) is 0 Å². The second-order valence-electron chi connectivity index (χ2n) is 7.29. The van der Waals surface area contributed by atoms with Crippen LogP contribution in [0, 0.1) is 0 Å². The molecule has 4 rings (SSSR count). The Labute approximate surface area is 209 Å². The number of nitrogens with zero attached hydrogens (tertiary/aromatic N) is 1. The number of aliphatic hydroxyl groups excluding tert-OH is 1. The number of thiophene rings is 1. The first-order chi connectivity index (χ1) is 16.9. The Morgan fingerprint density at radius 2 is 1.97 bits per heavy atom. The Balaban J connectivity index is 1.46. The molecule has 35 heavy (non-hydrogen) atoms. The van der Waals surface area contributed by atoms with Crippen LogP contribution in [0.2, 0.25) is 5.02 Å². The second-order valence-corrected chi connectivity index (χ2v) is 8.61. The standard InChI is InChI=1S/C24H21ClN4O5S/c25-16-6-4-14(5-7-16)23(31)29-17-2-1-3-18(10-17)33-12-15-13-35-21-19(11-28-22(26)20(15)21)34-24(32)27-8-9-30/h1-7,10-11,13,30H,8-9,12H2,(H2,26,28)(H,27,32)(H,29,31). The van der Waals surface area contributed by atoms with Crippen LogP contribution in [0.3, 0.4) is 0 Å². The van der Waals surface area contributed by atoms with Crippen LogP contribution in [0.15, 0.2) is 60.1 Å². The van der Waals surface area contributed by atoms with Gasteiger partial charge in [0.15, 0.2) is 5.75 Å². The van der Waals surface area contributed by atoms with E-state index in [1.165, 1.54) is 17.5 Å². The van der Waals surface area contributed by atoms with Crippen molar-refractivity contribution in [3.8, 4) is 11.5 Å². The van der Waals surface area contributed by atoms with Gasteiger partial charge in [-0.05, 0) is 41.8 Å². The number of ether oxygens (including phenoxy) is 2. The highest BCUT2D eigenvalue weighted by molar-refractivity contribution is 7.17. The van der Waals surface area contributed by atoms with Crippen molar-refractivity contribution < 1.29 is 24.2 Å². The van der Waals surface area contributed by atoms with Crippen molar-refractivity contribution in [2.45, 2.75) is 6.61 Å². The Kier molecular flexibility index (Phi) is 7.66. The molecule has 0 aliphatic heterocycles. The van der Waals surface area contributed by atoms with E-state index in [0.29, 0.717) is 32.1 Å². The number of hydrogen-bond donors (Lipinski definition) is 4. The summed E-state index contributed by atoms with van der Waals surface area (Å²) in [7, 11) is 0. The lowest BCUT2D eigenvalue weighted by Gasteiger charge is -2.10. The summed E-state index contributed by atoms with van der Waals surface area (Å²) in [5.41, 5.74) is 7.91. The zero-order valence-corrected chi connectivity index (χ0v) is 19.9. The van der Waals surface area contributed by atoms with Crippen LogP contribution in [0.1, 0.15) is 15.9 Å². The van der Waals surface area contributed by atoms with Crippen molar-refractivity contribution in [3.63, 3.8) is 0 Å². The summed E-state index contributed by atoms with van der Waals surface area (Å²) in [5, 5.41) is 17.1. The second kappa shape index (κ2) is 11.0. The zero-order valence-electron chi connectivity index (χ0n) is 18.3. The minimum absolute atomic E-state index is 0.0765. The van der Waals surface area contributed by atoms with Gasteiger partial charge in [-0.15, -0.1) is 11.3 Å². The molecule has 0 radical (unpaired) electrons. The van der Waals surface area contributed by atoms with E-state index in [9.17, 15) is 9.59 Å². The number of carbonyl (C=O) groups excluding carboxylic acids is 2. The fraction of sp³-hybridized carbons (Fsp3) is 0.125. The summed E-state index contributed by atoms with van der Waals surface area (Å²) in [6.07, 6.45) is 0.681. The van der Waals surface area contributed by atoms with Gasteiger partial charge in [-0.2, -0.15) is 0 Å². The minimum Gasteiger partial charge on any atom is -0.489 e. The number of halogens is 1. The van der Waals surface area contributed by atoms with Crippen LogP contribution in [0.4, 0.5) is 16.3 Å². The molecule has 2 amide bonds. The molecule has 0 aliphatic carbocycles. The van der Waals surface area contributed by atoms with E-state index in [0.717, 1.165) is 5.56 Å². The van der Waals surface area contributed by atoms with Crippen molar-refractivity contribution in [2.75, 3.05) is 24.2 Å². The monoisotopic (exact) mass is 512 g/mol. The van der Waals surface area contributed by atoms with E-state index in [4.69, 9.17) is 31.9 Å². The highest BCUT2D eigenvalue weighted by Gasteiger charge is 2.16. The van der Waals surface area contributed by atoms with Crippen molar-refractivity contribution in [1.82, 2.24) is 10.3 Å². The maximum atomic E-state index is 12.5. The van der Waals surface area contributed by atoms with Crippen LogP contribution in [-0.2, 0) is 6.61 Å². The molecular formula is C24H21ClN4O5S. The van der Waals surface area contributed by atoms with Crippen LogP contribution < -0.4 is 25.8 Å². The SMILES string of the molecule is Nc1ncc(OC(=O)NCCO)c2scc(COc3cccc(NC(=O)c4ccc(Cl)cc4)c3)c12. The summed E-state index contributed by atoms with van der Waals surface area (Å²) in [6, 6.07) is 13.6. The number of fused-ring (bicyclic) bond motifs is 1. The van der Waals surface area contributed by atoms with E-state index >= 15 is 0 Å². The molecule has 180 valence electrons. The van der Waals surface area contributed by atoms with Gasteiger partial charge in [0.25, 0.3) is 5.91 Å². The van der Waals surface area contributed by atoms with E-state index in [2.05, 4.69) is 15.6 Å². The van der Waals surface area contributed by atoms with Crippen molar-refractivity contribution in [2.24, 2.45) is 0 Å². The first-order valence-electron chi connectivity index (χ1n) is 10.5. The molecular weight excluding hydrogens is 492 g/mol. The molecule has 9 nitrogen and oxygen atoms in total. The molecule has 4 aromatic rings. The number of carbonyl (C=O) groups is 2. The van der Waals surface area contributed by atoms with Gasteiger partial charge in [0, 0.05) is 39.8 Å². The quantitative estimate of drug-likeness (QED) is 0.274. The molecule has 0 saturated carbocycles. The molecule has 0 spiro atoms. The largest absolute Gasteiger partial charge is 0.489 e. The lowest BCUT2D eigenvalue weighted by atomic mass is 10.2. The molecule has 0 aliphatic rings. The van der Waals surface area contributed by atoms with Gasteiger partial charge >= 0.3 is 6.09 Å². The normalized spacial score (nSPS) is 10.7. The number of amides is 2. The maximum Gasteiger partial charge on any atom is 0.412 e. The molecule has 2 aromatic heterocycles. The van der Waals surface area contributed by atoms with Crippen LogP contribution in [0.25, 0.3) is 10.1 Å². The fourth-order valence-corrected chi connectivity index (χ4v) is 4.35.